The number of rotatable bonds is 5. The summed E-state index contributed by atoms with van der Waals surface area (Å²) in [6, 6.07) is 8.20. The molecule has 106 valence electrons. The molecule has 1 aromatic carbocycles. The highest BCUT2D eigenvalue weighted by atomic mass is 32.1. The molecule has 0 radical (unpaired) electrons. The lowest BCUT2D eigenvalue weighted by molar-refractivity contribution is 0.00311. The van der Waals surface area contributed by atoms with E-state index in [1.54, 1.807) is 0 Å². The molecule has 0 atom stereocenters. The van der Waals surface area contributed by atoms with Crippen LogP contribution >= 0.6 is 12.6 Å². The van der Waals surface area contributed by atoms with Crippen molar-refractivity contribution in [3.63, 3.8) is 0 Å². The molecule has 0 spiro atoms. The van der Waals surface area contributed by atoms with Crippen molar-refractivity contribution in [3.8, 4) is 5.75 Å². The van der Waals surface area contributed by atoms with Crippen LogP contribution < -0.4 is 9.64 Å². The second kappa shape index (κ2) is 6.53. The van der Waals surface area contributed by atoms with Gasteiger partial charge in [-0.05, 0) is 30.7 Å². The Balaban J connectivity index is 1.99. The molecule has 0 bridgehead atoms. The van der Waals surface area contributed by atoms with Crippen LogP contribution in [0.15, 0.2) is 24.3 Å². The fourth-order valence-electron chi connectivity index (χ4n) is 2.24. The van der Waals surface area contributed by atoms with Gasteiger partial charge in [0.2, 0.25) is 0 Å². The van der Waals surface area contributed by atoms with Gasteiger partial charge in [0.25, 0.3) is 0 Å². The van der Waals surface area contributed by atoms with E-state index in [0.717, 1.165) is 49.9 Å². The third kappa shape index (κ3) is 3.80. The van der Waals surface area contributed by atoms with Gasteiger partial charge >= 0.3 is 0 Å². The minimum atomic E-state index is 0.162. The molecule has 0 unspecified atom stereocenters. The van der Waals surface area contributed by atoms with Gasteiger partial charge in [0, 0.05) is 44.5 Å². The van der Waals surface area contributed by atoms with Crippen molar-refractivity contribution >= 4 is 18.3 Å². The maximum atomic E-state index is 6.00. The minimum Gasteiger partial charge on any atom is -0.493 e. The summed E-state index contributed by atoms with van der Waals surface area (Å²) in [6.45, 7) is 2.36. The van der Waals surface area contributed by atoms with Crippen molar-refractivity contribution < 1.29 is 9.47 Å². The largest absolute Gasteiger partial charge is 0.493 e. The first-order valence-electron chi connectivity index (χ1n) is 6.74. The van der Waals surface area contributed by atoms with Crippen LogP contribution in [0.25, 0.3) is 0 Å². The molecule has 1 fully saturated rings. The van der Waals surface area contributed by atoms with Gasteiger partial charge in [-0.1, -0.05) is 6.07 Å². The van der Waals surface area contributed by atoms with Gasteiger partial charge in [0.15, 0.2) is 0 Å². The van der Waals surface area contributed by atoms with Crippen molar-refractivity contribution in [1.82, 2.24) is 0 Å². The van der Waals surface area contributed by atoms with Gasteiger partial charge in [-0.15, -0.1) is 0 Å². The molecule has 0 N–H and O–H groups in total. The molecule has 1 aromatic rings. The number of hydrogen-bond donors (Lipinski definition) is 1. The van der Waals surface area contributed by atoms with Gasteiger partial charge < -0.3 is 14.4 Å². The molecule has 1 heterocycles. The Morgan fingerprint density at radius 2 is 2.05 bits per heavy atom. The van der Waals surface area contributed by atoms with Gasteiger partial charge in [-0.2, -0.15) is 12.6 Å². The van der Waals surface area contributed by atoms with Crippen molar-refractivity contribution in [1.29, 1.82) is 0 Å². The molecule has 3 nitrogen and oxygen atoms in total. The minimum absolute atomic E-state index is 0.162. The van der Waals surface area contributed by atoms with E-state index >= 15 is 0 Å². The number of thiol groups is 1. The lowest BCUT2D eigenvalue weighted by Crippen LogP contribution is -2.36. The highest BCUT2D eigenvalue weighted by Gasteiger charge is 2.32. The fourth-order valence-corrected chi connectivity index (χ4v) is 2.65. The van der Waals surface area contributed by atoms with Gasteiger partial charge in [0.1, 0.15) is 5.75 Å². The molecule has 4 heteroatoms. The summed E-state index contributed by atoms with van der Waals surface area (Å²) in [4.78, 5) is 2.08. The Kier molecular flexibility index (Phi) is 4.99. The van der Waals surface area contributed by atoms with Crippen LogP contribution in [0.4, 0.5) is 5.69 Å². The molecular weight excluding hydrogens is 258 g/mol. The van der Waals surface area contributed by atoms with Crippen molar-refractivity contribution in [3.05, 3.63) is 24.3 Å². The molecule has 0 aliphatic carbocycles. The van der Waals surface area contributed by atoms with E-state index in [2.05, 4.69) is 29.7 Å². The summed E-state index contributed by atoms with van der Waals surface area (Å²) in [5.74, 6) is 1.78. The Hall–Kier alpha value is -0.870. The number of ether oxygens (including phenoxy) is 2. The molecule has 1 aliphatic heterocycles. The summed E-state index contributed by atoms with van der Waals surface area (Å²) in [5.41, 5.74) is 1.32. The second-order valence-corrected chi connectivity index (χ2v) is 5.77. The average Bonchev–Trinajstić information content (AvgIpc) is 2.46. The summed E-state index contributed by atoms with van der Waals surface area (Å²) in [6.07, 6.45) is 2.06. The summed E-state index contributed by atoms with van der Waals surface area (Å²) < 4.78 is 11.4. The first-order valence-corrected chi connectivity index (χ1v) is 7.37. The third-order valence-corrected chi connectivity index (χ3v) is 4.44. The van der Waals surface area contributed by atoms with E-state index in [0.29, 0.717) is 0 Å². The van der Waals surface area contributed by atoms with Crippen molar-refractivity contribution in [2.45, 2.75) is 12.8 Å². The maximum Gasteiger partial charge on any atom is 0.121 e. The average molecular weight is 281 g/mol. The van der Waals surface area contributed by atoms with E-state index < -0.39 is 0 Å². The summed E-state index contributed by atoms with van der Waals surface area (Å²) in [5, 5.41) is 0. The lowest BCUT2D eigenvalue weighted by Gasteiger charge is -2.35. The van der Waals surface area contributed by atoms with Crippen molar-refractivity contribution in [2.75, 3.05) is 44.6 Å². The molecule has 1 saturated heterocycles. The van der Waals surface area contributed by atoms with Crippen LogP contribution in [0.3, 0.4) is 0 Å². The standard InChI is InChI=1S/C15H23NO2S/c1-16(2)13-4-3-5-14(10-13)18-11-15(12-19)6-8-17-9-7-15/h3-5,10,19H,6-9,11-12H2,1-2H3. The van der Waals surface area contributed by atoms with Gasteiger partial charge in [0.05, 0.1) is 6.61 Å². The number of nitrogens with zero attached hydrogens (tertiary/aromatic N) is 1. The highest BCUT2D eigenvalue weighted by molar-refractivity contribution is 7.80. The smallest absolute Gasteiger partial charge is 0.121 e. The van der Waals surface area contributed by atoms with Crippen molar-refractivity contribution in [2.24, 2.45) is 5.41 Å². The maximum absolute atomic E-state index is 6.00. The molecule has 0 aromatic heterocycles. The molecular formula is C15H23NO2S. The number of anilines is 1. The van der Waals surface area contributed by atoms with E-state index in [9.17, 15) is 0 Å². The molecule has 0 amide bonds. The predicted molar refractivity (Wildman–Crippen MR) is 82.6 cm³/mol. The quantitative estimate of drug-likeness (QED) is 0.839. The normalized spacial score (nSPS) is 18.1. The monoisotopic (exact) mass is 281 g/mol. The summed E-state index contributed by atoms with van der Waals surface area (Å²) in [7, 11) is 4.07. The zero-order valence-corrected chi connectivity index (χ0v) is 12.7. The van der Waals surface area contributed by atoms with Crippen LogP contribution in [-0.2, 0) is 4.74 Å². The van der Waals surface area contributed by atoms with Gasteiger partial charge in [-0.3, -0.25) is 0 Å². The Morgan fingerprint density at radius 3 is 2.68 bits per heavy atom. The second-order valence-electron chi connectivity index (χ2n) is 5.45. The van der Waals surface area contributed by atoms with Crippen LogP contribution in [0.1, 0.15) is 12.8 Å². The van der Waals surface area contributed by atoms with Crippen LogP contribution in [0.2, 0.25) is 0 Å². The van der Waals surface area contributed by atoms with Crippen LogP contribution in [0, 0.1) is 5.41 Å². The SMILES string of the molecule is CN(C)c1cccc(OCC2(CS)CCOCC2)c1. The number of benzene rings is 1. The Bertz CT molecular complexity index is 403. The highest BCUT2D eigenvalue weighted by Crippen LogP contribution is 2.33. The third-order valence-electron chi connectivity index (χ3n) is 3.77. The van der Waals surface area contributed by atoms with E-state index in [4.69, 9.17) is 9.47 Å². The van der Waals surface area contributed by atoms with E-state index in [-0.39, 0.29) is 5.41 Å². The van der Waals surface area contributed by atoms with Crippen LogP contribution in [0.5, 0.6) is 5.75 Å². The molecule has 1 aliphatic rings. The molecule has 19 heavy (non-hydrogen) atoms. The lowest BCUT2D eigenvalue weighted by atomic mass is 9.83. The first-order chi connectivity index (χ1) is 9.15. The predicted octanol–water partition coefficient (Wildman–Crippen LogP) is 2.86. The van der Waals surface area contributed by atoms with E-state index in [1.165, 1.54) is 0 Å². The summed E-state index contributed by atoms with van der Waals surface area (Å²) >= 11 is 4.50. The zero-order valence-electron chi connectivity index (χ0n) is 11.8. The first kappa shape index (κ1) is 14.5. The van der Waals surface area contributed by atoms with Crippen LogP contribution in [-0.4, -0.2) is 39.7 Å². The van der Waals surface area contributed by atoms with Gasteiger partial charge in [-0.25, -0.2) is 0 Å². The Labute approximate surface area is 121 Å². The van der Waals surface area contributed by atoms with E-state index in [1.807, 2.05) is 26.2 Å². The topological polar surface area (TPSA) is 21.7 Å². The molecule has 2 rings (SSSR count). The fraction of sp³-hybridized carbons (Fsp3) is 0.600. The number of hydrogen-bond acceptors (Lipinski definition) is 4. The Morgan fingerprint density at radius 1 is 1.32 bits per heavy atom. The zero-order chi connectivity index (χ0) is 13.7. The molecule has 0 saturated carbocycles.